The Hall–Kier alpha value is -1.55. The van der Waals surface area contributed by atoms with Gasteiger partial charge in [0.1, 0.15) is 0 Å². The maximum absolute atomic E-state index is 12.1. The third-order valence-electron chi connectivity index (χ3n) is 4.37. The summed E-state index contributed by atoms with van der Waals surface area (Å²) in [7, 11) is 0. The first-order chi connectivity index (χ1) is 8.76. The fourth-order valence-corrected chi connectivity index (χ4v) is 3.39. The molecule has 2 bridgehead atoms. The standard InChI is InChI=1S/C14H19N3O/c15-17-12-5-3-10(4-6-12)14(18)16-13-8-9-1-2-11(13)7-9/h3-6,9,11,13,17H,1-2,7-8,15H2,(H,16,18). The van der Waals surface area contributed by atoms with E-state index < -0.39 is 0 Å². The number of hydrogen-bond donors (Lipinski definition) is 3. The number of hydrogen-bond acceptors (Lipinski definition) is 3. The number of benzene rings is 1. The van der Waals surface area contributed by atoms with E-state index in [-0.39, 0.29) is 5.91 Å². The van der Waals surface area contributed by atoms with E-state index in [1.807, 2.05) is 12.1 Å². The van der Waals surface area contributed by atoms with Crippen molar-refractivity contribution >= 4 is 11.6 Å². The first kappa shape index (κ1) is 11.5. The van der Waals surface area contributed by atoms with Gasteiger partial charge in [0.25, 0.3) is 5.91 Å². The van der Waals surface area contributed by atoms with Crippen LogP contribution in [0, 0.1) is 11.8 Å². The van der Waals surface area contributed by atoms with Crippen LogP contribution in [0.1, 0.15) is 36.0 Å². The molecule has 0 saturated heterocycles. The van der Waals surface area contributed by atoms with E-state index in [1.165, 1.54) is 25.7 Å². The van der Waals surface area contributed by atoms with Crippen molar-refractivity contribution < 1.29 is 4.79 Å². The number of carbonyl (C=O) groups excluding carboxylic acids is 1. The summed E-state index contributed by atoms with van der Waals surface area (Å²) in [5.41, 5.74) is 4.07. The molecule has 1 aromatic carbocycles. The van der Waals surface area contributed by atoms with Crippen molar-refractivity contribution in [1.29, 1.82) is 0 Å². The van der Waals surface area contributed by atoms with E-state index >= 15 is 0 Å². The molecular weight excluding hydrogens is 226 g/mol. The molecule has 96 valence electrons. The van der Waals surface area contributed by atoms with Crippen LogP contribution in [0.2, 0.25) is 0 Å². The quantitative estimate of drug-likeness (QED) is 0.562. The van der Waals surface area contributed by atoms with Crippen LogP contribution in [0.15, 0.2) is 24.3 Å². The first-order valence-corrected chi connectivity index (χ1v) is 6.64. The van der Waals surface area contributed by atoms with Gasteiger partial charge in [-0.15, -0.1) is 0 Å². The van der Waals surface area contributed by atoms with Crippen molar-refractivity contribution in [3.8, 4) is 0 Å². The zero-order chi connectivity index (χ0) is 12.5. The molecule has 3 atom stereocenters. The predicted octanol–water partition coefficient (Wildman–Crippen LogP) is 1.89. The Bertz CT molecular complexity index is 443. The van der Waals surface area contributed by atoms with Crippen molar-refractivity contribution in [3.63, 3.8) is 0 Å². The van der Waals surface area contributed by atoms with Crippen LogP contribution in [-0.2, 0) is 0 Å². The van der Waals surface area contributed by atoms with Gasteiger partial charge in [0.05, 0.1) is 0 Å². The second kappa shape index (κ2) is 4.61. The molecule has 0 aliphatic heterocycles. The van der Waals surface area contributed by atoms with Gasteiger partial charge in [-0.2, -0.15) is 0 Å². The summed E-state index contributed by atoms with van der Waals surface area (Å²) in [5.74, 6) is 6.90. The van der Waals surface area contributed by atoms with E-state index in [9.17, 15) is 4.79 Å². The maximum Gasteiger partial charge on any atom is 0.251 e. The van der Waals surface area contributed by atoms with Gasteiger partial charge < -0.3 is 10.7 Å². The van der Waals surface area contributed by atoms with Gasteiger partial charge in [0.2, 0.25) is 0 Å². The summed E-state index contributed by atoms with van der Waals surface area (Å²) < 4.78 is 0. The number of nitrogen functional groups attached to an aromatic ring is 1. The summed E-state index contributed by atoms with van der Waals surface area (Å²) in [6.07, 6.45) is 5.11. The number of hydrazine groups is 1. The molecule has 0 spiro atoms. The van der Waals surface area contributed by atoms with Gasteiger partial charge in [0, 0.05) is 17.3 Å². The summed E-state index contributed by atoms with van der Waals surface area (Å²) in [6, 6.07) is 7.63. The van der Waals surface area contributed by atoms with Crippen LogP contribution >= 0.6 is 0 Å². The van der Waals surface area contributed by atoms with E-state index in [1.54, 1.807) is 12.1 Å². The Balaban J connectivity index is 1.64. The van der Waals surface area contributed by atoms with Gasteiger partial charge in [-0.25, -0.2) is 0 Å². The maximum atomic E-state index is 12.1. The fourth-order valence-electron chi connectivity index (χ4n) is 3.39. The number of fused-ring (bicyclic) bond motifs is 2. The van der Waals surface area contributed by atoms with E-state index in [0.717, 1.165) is 11.6 Å². The molecule has 0 heterocycles. The predicted molar refractivity (Wildman–Crippen MR) is 71.0 cm³/mol. The number of nitrogens with one attached hydrogen (secondary N) is 2. The highest BCUT2D eigenvalue weighted by atomic mass is 16.1. The molecule has 18 heavy (non-hydrogen) atoms. The van der Waals surface area contributed by atoms with Crippen molar-refractivity contribution in [3.05, 3.63) is 29.8 Å². The lowest BCUT2D eigenvalue weighted by Gasteiger charge is -2.22. The molecule has 2 fully saturated rings. The molecule has 4 N–H and O–H groups in total. The second-order valence-electron chi connectivity index (χ2n) is 5.48. The first-order valence-electron chi connectivity index (χ1n) is 6.64. The Labute approximate surface area is 107 Å². The van der Waals surface area contributed by atoms with Crippen LogP contribution in [0.3, 0.4) is 0 Å². The molecule has 2 aliphatic rings. The van der Waals surface area contributed by atoms with Gasteiger partial charge >= 0.3 is 0 Å². The lowest BCUT2D eigenvalue weighted by atomic mass is 9.95. The third-order valence-corrected chi connectivity index (χ3v) is 4.37. The molecule has 3 unspecified atom stereocenters. The normalized spacial score (nSPS) is 29.3. The molecule has 2 aliphatic carbocycles. The highest BCUT2D eigenvalue weighted by molar-refractivity contribution is 5.94. The largest absolute Gasteiger partial charge is 0.349 e. The Morgan fingerprint density at radius 2 is 1.94 bits per heavy atom. The monoisotopic (exact) mass is 245 g/mol. The smallest absolute Gasteiger partial charge is 0.251 e. The topological polar surface area (TPSA) is 67.1 Å². The SMILES string of the molecule is NNc1ccc(C(=O)NC2CC3CCC2C3)cc1. The van der Waals surface area contributed by atoms with Crippen LogP contribution < -0.4 is 16.6 Å². The fraction of sp³-hybridized carbons (Fsp3) is 0.500. The van der Waals surface area contributed by atoms with Gasteiger partial charge in [-0.1, -0.05) is 6.42 Å². The Morgan fingerprint density at radius 3 is 2.50 bits per heavy atom. The molecule has 0 radical (unpaired) electrons. The van der Waals surface area contributed by atoms with Crippen molar-refractivity contribution in [2.45, 2.75) is 31.7 Å². The molecule has 4 heteroatoms. The molecule has 3 rings (SSSR count). The van der Waals surface area contributed by atoms with Crippen molar-refractivity contribution in [2.75, 3.05) is 5.43 Å². The molecule has 0 aromatic heterocycles. The third kappa shape index (κ3) is 2.08. The molecular formula is C14H19N3O. The lowest BCUT2D eigenvalue weighted by Crippen LogP contribution is -2.38. The van der Waals surface area contributed by atoms with Gasteiger partial charge in [0.15, 0.2) is 0 Å². The summed E-state index contributed by atoms with van der Waals surface area (Å²) >= 11 is 0. The molecule has 1 amide bonds. The van der Waals surface area contributed by atoms with E-state index in [2.05, 4.69) is 10.7 Å². The number of rotatable bonds is 3. The zero-order valence-electron chi connectivity index (χ0n) is 10.4. The van der Waals surface area contributed by atoms with Crippen LogP contribution in [0.5, 0.6) is 0 Å². The van der Waals surface area contributed by atoms with Gasteiger partial charge in [-0.05, 0) is 55.4 Å². The van der Waals surface area contributed by atoms with Crippen molar-refractivity contribution in [1.82, 2.24) is 5.32 Å². The number of carbonyl (C=O) groups is 1. The minimum atomic E-state index is 0.0381. The van der Waals surface area contributed by atoms with Crippen molar-refractivity contribution in [2.24, 2.45) is 17.7 Å². The summed E-state index contributed by atoms with van der Waals surface area (Å²) in [5, 5.41) is 3.17. The van der Waals surface area contributed by atoms with Crippen LogP contribution in [0.4, 0.5) is 5.69 Å². The molecule has 1 aromatic rings. The minimum absolute atomic E-state index is 0.0381. The average Bonchev–Trinajstić information content (AvgIpc) is 3.01. The molecule has 4 nitrogen and oxygen atoms in total. The summed E-state index contributed by atoms with van der Waals surface area (Å²) in [6.45, 7) is 0. The molecule has 2 saturated carbocycles. The van der Waals surface area contributed by atoms with E-state index in [0.29, 0.717) is 17.5 Å². The average molecular weight is 245 g/mol. The number of nitrogens with two attached hydrogens (primary N) is 1. The van der Waals surface area contributed by atoms with Crippen LogP contribution in [0.25, 0.3) is 0 Å². The highest BCUT2D eigenvalue weighted by Crippen LogP contribution is 2.44. The Morgan fingerprint density at radius 1 is 1.17 bits per heavy atom. The van der Waals surface area contributed by atoms with Crippen LogP contribution in [-0.4, -0.2) is 11.9 Å². The second-order valence-corrected chi connectivity index (χ2v) is 5.48. The minimum Gasteiger partial charge on any atom is -0.349 e. The summed E-state index contributed by atoms with van der Waals surface area (Å²) in [4.78, 5) is 12.1. The number of amides is 1. The van der Waals surface area contributed by atoms with Gasteiger partial charge in [-0.3, -0.25) is 10.6 Å². The number of anilines is 1. The zero-order valence-corrected chi connectivity index (χ0v) is 10.4. The lowest BCUT2D eigenvalue weighted by molar-refractivity contribution is 0.0923. The Kier molecular flexibility index (Phi) is 2.96. The van der Waals surface area contributed by atoms with E-state index in [4.69, 9.17) is 5.84 Å². The highest BCUT2D eigenvalue weighted by Gasteiger charge is 2.40.